The molecule has 26 heavy (non-hydrogen) atoms. The molecule has 1 aliphatic rings. The maximum Gasteiger partial charge on any atom is 0.271 e. The van der Waals surface area contributed by atoms with E-state index in [1.807, 2.05) is 12.1 Å². The van der Waals surface area contributed by atoms with Crippen LogP contribution in [0.5, 0.6) is 0 Å². The number of aromatic nitrogens is 2. The molecule has 0 unspecified atom stereocenters. The van der Waals surface area contributed by atoms with Crippen LogP contribution in [0.15, 0.2) is 60.6 Å². The largest absolute Gasteiger partial charge is 0.329 e. The topological polar surface area (TPSA) is 53.2 Å². The van der Waals surface area contributed by atoms with Crippen molar-refractivity contribution < 1.29 is 9.18 Å². The van der Waals surface area contributed by atoms with Gasteiger partial charge in [0, 0.05) is 49.5 Å². The molecule has 3 aromatic rings. The quantitative estimate of drug-likeness (QED) is 0.525. The van der Waals surface area contributed by atoms with Gasteiger partial charge in [0.05, 0.1) is 5.69 Å². The zero-order valence-corrected chi connectivity index (χ0v) is 14.0. The number of halogens is 1. The molecule has 7 heteroatoms. The molecule has 0 saturated carbocycles. The van der Waals surface area contributed by atoms with Gasteiger partial charge in [0.2, 0.25) is 0 Å². The number of hydrogen-bond donors (Lipinski definition) is 0. The van der Waals surface area contributed by atoms with Gasteiger partial charge in [-0.15, -0.1) is 0 Å². The second-order valence-corrected chi connectivity index (χ2v) is 5.97. The Bertz CT molecular complexity index is 1030. The van der Waals surface area contributed by atoms with E-state index in [1.54, 1.807) is 33.8 Å². The van der Waals surface area contributed by atoms with E-state index in [0.29, 0.717) is 23.5 Å². The van der Waals surface area contributed by atoms with Gasteiger partial charge in [-0.3, -0.25) is 9.20 Å². The summed E-state index contributed by atoms with van der Waals surface area (Å²) in [6.07, 6.45) is 4.86. The van der Waals surface area contributed by atoms with Gasteiger partial charge in [-0.1, -0.05) is 18.7 Å². The summed E-state index contributed by atoms with van der Waals surface area (Å²) in [7, 11) is 0. The molecule has 0 N–H and O–H groups in total. The van der Waals surface area contributed by atoms with Crippen molar-refractivity contribution in [1.29, 1.82) is 0 Å². The third-order valence-corrected chi connectivity index (χ3v) is 4.49. The van der Waals surface area contributed by atoms with E-state index in [4.69, 9.17) is 0 Å². The number of benzene rings is 1. The van der Waals surface area contributed by atoms with Crippen LogP contribution in [0.2, 0.25) is 0 Å². The number of imidazole rings is 1. The van der Waals surface area contributed by atoms with Gasteiger partial charge < -0.3 is 4.90 Å². The lowest BCUT2D eigenvalue weighted by Crippen LogP contribution is -2.24. The standard InChI is InChI=1S/C19H16FN5O/c1-3-25(21-2)15-6-4-13(16(20)10-15)11-23-12-14-5-7-17-22-8-9-24(17)18(14)19(23)26/h3-10H,1-2,11-12H2. The fourth-order valence-corrected chi connectivity index (χ4v) is 3.22. The number of pyridine rings is 1. The van der Waals surface area contributed by atoms with Gasteiger partial charge in [0.1, 0.15) is 17.2 Å². The second kappa shape index (κ2) is 6.11. The summed E-state index contributed by atoms with van der Waals surface area (Å²) in [5.41, 5.74) is 3.17. The van der Waals surface area contributed by atoms with E-state index in [-0.39, 0.29) is 12.5 Å². The summed E-state index contributed by atoms with van der Waals surface area (Å²) in [6.45, 7) is 7.65. The number of hydrogen-bond acceptors (Lipinski definition) is 4. The Hall–Kier alpha value is -3.48. The predicted octanol–water partition coefficient (Wildman–Crippen LogP) is 3.19. The Labute approximate surface area is 149 Å². The van der Waals surface area contributed by atoms with Crippen LogP contribution in [0.1, 0.15) is 21.6 Å². The number of fused-ring (bicyclic) bond motifs is 3. The van der Waals surface area contributed by atoms with E-state index in [2.05, 4.69) is 23.4 Å². The van der Waals surface area contributed by atoms with Crippen molar-refractivity contribution in [3.63, 3.8) is 0 Å². The van der Waals surface area contributed by atoms with Crippen LogP contribution in [0.3, 0.4) is 0 Å². The minimum absolute atomic E-state index is 0.132. The molecule has 0 aliphatic carbocycles. The SMILES string of the molecule is C=CN(N=C)c1ccc(CN2Cc3ccc4nccn4c3C2=O)c(F)c1. The predicted molar refractivity (Wildman–Crippen MR) is 97.4 cm³/mol. The zero-order chi connectivity index (χ0) is 18.3. The Morgan fingerprint density at radius 2 is 2.19 bits per heavy atom. The summed E-state index contributed by atoms with van der Waals surface area (Å²) in [5, 5.41) is 5.11. The van der Waals surface area contributed by atoms with Gasteiger partial charge >= 0.3 is 0 Å². The maximum atomic E-state index is 14.5. The summed E-state index contributed by atoms with van der Waals surface area (Å²) < 4.78 is 16.3. The van der Waals surface area contributed by atoms with E-state index in [1.165, 1.54) is 17.3 Å². The highest BCUT2D eigenvalue weighted by Crippen LogP contribution is 2.27. The van der Waals surface area contributed by atoms with Gasteiger partial charge in [0.25, 0.3) is 5.91 Å². The van der Waals surface area contributed by atoms with Crippen LogP contribution < -0.4 is 5.01 Å². The first-order valence-corrected chi connectivity index (χ1v) is 8.03. The lowest BCUT2D eigenvalue weighted by atomic mass is 10.1. The first-order chi connectivity index (χ1) is 12.6. The molecule has 3 heterocycles. The number of carbonyl (C=O) groups is 1. The molecule has 0 radical (unpaired) electrons. The lowest BCUT2D eigenvalue weighted by molar-refractivity contribution is 0.0760. The Kier molecular flexibility index (Phi) is 3.76. The molecule has 1 aliphatic heterocycles. The fraction of sp³-hybridized carbons (Fsp3) is 0.105. The normalized spacial score (nSPS) is 13.1. The summed E-state index contributed by atoms with van der Waals surface area (Å²) in [6, 6.07) is 8.49. The molecule has 0 atom stereocenters. The Morgan fingerprint density at radius 3 is 2.92 bits per heavy atom. The van der Waals surface area contributed by atoms with Crippen LogP contribution in [0.25, 0.3) is 5.65 Å². The van der Waals surface area contributed by atoms with E-state index < -0.39 is 5.82 Å². The number of carbonyl (C=O) groups excluding carboxylic acids is 1. The molecule has 1 amide bonds. The molecule has 1 aromatic carbocycles. The average molecular weight is 349 g/mol. The van der Waals surface area contributed by atoms with Crippen LogP contribution >= 0.6 is 0 Å². The van der Waals surface area contributed by atoms with Crippen molar-refractivity contribution in [2.75, 3.05) is 5.01 Å². The number of rotatable bonds is 5. The monoisotopic (exact) mass is 349 g/mol. The third-order valence-electron chi connectivity index (χ3n) is 4.49. The first-order valence-electron chi connectivity index (χ1n) is 8.03. The molecule has 0 spiro atoms. The molecule has 130 valence electrons. The van der Waals surface area contributed by atoms with Crippen molar-refractivity contribution in [1.82, 2.24) is 14.3 Å². The number of nitrogens with zero attached hydrogens (tertiary/aromatic N) is 5. The van der Waals surface area contributed by atoms with E-state index >= 15 is 0 Å². The summed E-state index contributed by atoms with van der Waals surface area (Å²) in [5.74, 6) is -0.540. The van der Waals surface area contributed by atoms with Gasteiger partial charge in [-0.2, -0.15) is 5.10 Å². The highest BCUT2D eigenvalue weighted by molar-refractivity contribution is 5.97. The Balaban J connectivity index is 1.61. The average Bonchev–Trinajstić information content (AvgIpc) is 3.23. The second-order valence-electron chi connectivity index (χ2n) is 5.97. The van der Waals surface area contributed by atoms with Crippen LogP contribution in [0.4, 0.5) is 10.1 Å². The van der Waals surface area contributed by atoms with Crippen molar-refractivity contribution in [3.05, 3.63) is 78.1 Å². The maximum absolute atomic E-state index is 14.5. The molecular formula is C19H16FN5O. The van der Waals surface area contributed by atoms with Crippen molar-refractivity contribution in [2.45, 2.75) is 13.1 Å². The Morgan fingerprint density at radius 1 is 1.35 bits per heavy atom. The highest BCUT2D eigenvalue weighted by Gasteiger charge is 2.30. The minimum atomic E-state index is -0.408. The number of amides is 1. The van der Waals surface area contributed by atoms with Crippen molar-refractivity contribution >= 4 is 24.0 Å². The van der Waals surface area contributed by atoms with Crippen LogP contribution in [-0.2, 0) is 13.1 Å². The third kappa shape index (κ3) is 2.45. The first kappa shape index (κ1) is 16.0. The lowest BCUT2D eigenvalue weighted by Gasteiger charge is -2.18. The number of anilines is 1. The molecule has 0 fully saturated rings. The van der Waals surface area contributed by atoms with Crippen LogP contribution in [-0.4, -0.2) is 26.9 Å². The molecule has 0 saturated heterocycles. The van der Waals surface area contributed by atoms with Gasteiger partial charge in [0.15, 0.2) is 0 Å². The minimum Gasteiger partial charge on any atom is -0.329 e. The zero-order valence-electron chi connectivity index (χ0n) is 14.0. The highest BCUT2D eigenvalue weighted by atomic mass is 19.1. The molecule has 6 nitrogen and oxygen atoms in total. The molecule has 4 rings (SSSR count). The van der Waals surface area contributed by atoms with Crippen LogP contribution in [0, 0.1) is 5.82 Å². The smallest absolute Gasteiger partial charge is 0.271 e. The van der Waals surface area contributed by atoms with Gasteiger partial charge in [-0.05, 0) is 18.2 Å². The molecule has 2 aromatic heterocycles. The van der Waals surface area contributed by atoms with E-state index in [9.17, 15) is 9.18 Å². The van der Waals surface area contributed by atoms with E-state index in [0.717, 1.165) is 11.2 Å². The van der Waals surface area contributed by atoms with Crippen molar-refractivity contribution in [3.8, 4) is 0 Å². The van der Waals surface area contributed by atoms with Gasteiger partial charge in [-0.25, -0.2) is 14.4 Å². The number of hydrazone groups is 1. The fourth-order valence-electron chi connectivity index (χ4n) is 3.22. The molecular weight excluding hydrogens is 333 g/mol. The summed E-state index contributed by atoms with van der Waals surface area (Å²) in [4.78, 5) is 18.6. The summed E-state index contributed by atoms with van der Waals surface area (Å²) >= 11 is 0. The molecule has 0 bridgehead atoms. The van der Waals surface area contributed by atoms with Crippen molar-refractivity contribution in [2.24, 2.45) is 5.10 Å².